The van der Waals surface area contributed by atoms with E-state index < -0.39 is 6.04 Å². The van der Waals surface area contributed by atoms with E-state index in [1.807, 2.05) is 37.3 Å². The zero-order valence-corrected chi connectivity index (χ0v) is 16.6. The highest BCUT2D eigenvalue weighted by atomic mass is 35.5. The average molecular weight is 414 g/mol. The number of aromatic nitrogens is 3. The van der Waals surface area contributed by atoms with Gasteiger partial charge >= 0.3 is 5.69 Å². The van der Waals surface area contributed by atoms with Crippen LogP contribution in [0.25, 0.3) is 10.9 Å². The van der Waals surface area contributed by atoms with E-state index in [-0.39, 0.29) is 11.6 Å². The van der Waals surface area contributed by atoms with Gasteiger partial charge in [0.25, 0.3) is 0 Å². The Morgan fingerprint density at radius 1 is 1.21 bits per heavy atom. The molecule has 5 nitrogen and oxygen atoms in total. The third kappa shape index (κ3) is 2.30. The van der Waals surface area contributed by atoms with Gasteiger partial charge < -0.3 is 10.1 Å². The molecule has 0 amide bonds. The highest BCUT2D eigenvalue weighted by Gasteiger charge is 2.36. The number of nitrogens with one attached hydrogen (secondary N) is 1. The molecule has 0 fully saturated rings. The smallest absolute Gasteiger partial charge is 0.332 e. The third-order valence-electron chi connectivity index (χ3n) is 5.54. The zero-order chi connectivity index (χ0) is 19.6. The predicted molar refractivity (Wildman–Crippen MR) is 111 cm³/mol. The zero-order valence-electron chi connectivity index (χ0n) is 15.0. The number of aromatic amines is 1. The van der Waals surface area contributed by atoms with Crippen molar-refractivity contribution in [2.45, 2.75) is 25.9 Å². The Hall–Kier alpha value is -2.63. The lowest BCUT2D eigenvalue weighted by molar-refractivity contribution is 0.413. The maximum absolute atomic E-state index is 13.1. The first-order chi connectivity index (χ1) is 13.5. The summed E-state index contributed by atoms with van der Waals surface area (Å²) < 4.78 is 3.03. The van der Waals surface area contributed by atoms with Crippen LogP contribution in [-0.2, 0) is 13.0 Å². The maximum atomic E-state index is 13.1. The summed E-state index contributed by atoms with van der Waals surface area (Å²) in [4.78, 5) is 16.6. The first-order valence-electron chi connectivity index (χ1n) is 9.08. The van der Waals surface area contributed by atoms with E-state index in [0.717, 1.165) is 27.7 Å². The molecule has 4 aromatic rings. The number of rotatable bonds is 2. The average Bonchev–Trinajstić information content (AvgIpc) is 3.16. The fourth-order valence-corrected chi connectivity index (χ4v) is 4.79. The Bertz CT molecular complexity index is 1300. The molecule has 28 heavy (non-hydrogen) atoms. The largest absolute Gasteiger partial charge is 0.493 e. The second kappa shape index (κ2) is 6.19. The number of aromatic hydroxyl groups is 1. The summed E-state index contributed by atoms with van der Waals surface area (Å²) in [5, 5.41) is 12.8. The van der Waals surface area contributed by atoms with Crippen LogP contribution in [0.1, 0.15) is 35.5 Å². The molecule has 0 radical (unpaired) electrons. The first kappa shape index (κ1) is 17.5. The molecule has 0 spiro atoms. The van der Waals surface area contributed by atoms with Crippen LogP contribution in [0.2, 0.25) is 10.0 Å². The number of nitrogens with zero attached hydrogens (tertiary/aromatic N) is 2. The van der Waals surface area contributed by atoms with Crippen LogP contribution in [0.5, 0.6) is 5.88 Å². The number of fused-ring (bicyclic) bond motifs is 4. The van der Waals surface area contributed by atoms with E-state index in [9.17, 15) is 9.90 Å². The Balaban J connectivity index is 1.88. The van der Waals surface area contributed by atoms with E-state index in [1.165, 1.54) is 4.57 Å². The quantitative estimate of drug-likeness (QED) is 0.440. The van der Waals surface area contributed by atoms with Crippen molar-refractivity contribution in [2.24, 2.45) is 0 Å². The SMILES string of the molecule is CCn1c(O)c2n(c1=O)[C@@H](c1ccc(Cl)cc1Cl)c1[nH]c3ccccc3c1C2. The molecule has 2 N–H and O–H groups in total. The van der Waals surface area contributed by atoms with Crippen molar-refractivity contribution in [3.05, 3.63) is 85.5 Å². The van der Waals surface area contributed by atoms with Crippen molar-refractivity contribution in [3.63, 3.8) is 0 Å². The molecule has 1 aliphatic heterocycles. The summed E-state index contributed by atoms with van der Waals surface area (Å²) in [6.07, 6.45) is 0.467. The lowest BCUT2D eigenvalue weighted by Crippen LogP contribution is -2.32. The summed E-state index contributed by atoms with van der Waals surface area (Å²) in [6.45, 7) is 2.23. The van der Waals surface area contributed by atoms with Gasteiger partial charge in [0, 0.05) is 39.6 Å². The number of hydrogen-bond donors (Lipinski definition) is 2. The topological polar surface area (TPSA) is 62.9 Å². The van der Waals surface area contributed by atoms with Gasteiger partial charge in [0.1, 0.15) is 6.04 Å². The molecule has 0 bridgehead atoms. The minimum Gasteiger partial charge on any atom is -0.493 e. The van der Waals surface area contributed by atoms with Gasteiger partial charge in [-0.1, -0.05) is 47.5 Å². The van der Waals surface area contributed by atoms with Crippen LogP contribution < -0.4 is 5.69 Å². The van der Waals surface area contributed by atoms with Crippen molar-refractivity contribution >= 4 is 34.1 Å². The second-order valence-electron chi connectivity index (χ2n) is 6.98. The second-order valence-corrected chi connectivity index (χ2v) is 7.82. The Morgan fingerprint density at radius 2 is 2.00 bits per heavy atom. The summed E-state index contributed by atoms with van der Waals surface area (Å²) in [7, 11) is 0. The molecule has 0 unspecified atom stereocenters. The van der Waals surface area contributed by atoms with E-state index >= 15 is 0 Å². The highest BCUT2D eigenvalue weighted by molar-refractivity contribution is 6.35. The molecule has 0 aliphatic carbocycles. The van der Waals surface area contributed by atoms with Crippen molar-refractivity contribution < 1.29 is 5.11 Å². The minimum atomic E-state index is -0.470. The van der Waals surface area contributed by atoms with Crippen molar-refractivity contribution in [2.75, 3.05) is 0 Å². The molecule has 0 saturated carbocycles. The van der Waals surface area contributed by atoms with E-state index in [4.69, 9.17) is 23.2 Å². The highest BCUT2D eigenvalue weighted by Crippen LogP contribution is 2.42. The number of benzene rings is 2. The monoisotopic (exact) mass is 413 g/mol. The van der Waals surface area contributed by atoms with Crippen LogP contribution in [0.4, 0.5) is 0 Å². The van der Waals surface area contributed by atoms with E-state index in [1.54, 1.807) is 16.7 Å². The van der Waals surface area contributed by atoms with Gasteiger partial charge in [-0.3, -0.25) is 9.13 Å². The molecule has 5 rings (SSSR count). The standard InChI is InChI=1S/C21H17Cl2N3O2/c1-2-25-20(27)17-10-14-12-5-3-4-6-16(12)24-18(14)19(26(17)21(25)28)13-8-7-11(22)9-15(13)23/h3-9,19,24,27H,2,10H2,1H3/t19-/m0/s1. The van der Waals surface area contributed by atoms with E-state index in [0.29, 0.717) is 28.7 Å². The molecule has 2 aromatic carbocycles. The van der Waals surface area contributed by atoms with Crippen molar-refractivity contribution in [3.8, 4) is 5.88 Å². The third-order valence-corrected chi connectivity index (χ3v) is 6.10. The fourth-order valence-electron chi connectivity index (χ4n) is 4.27. The van der Waals surface area contributed by atoms with Crippen LogP contribution >= 0.6 is 23.2 Å². The number of halogens is 2. The Morgan fingerprint density at radius 3 is 2.75 bits per heavy atom. The maximum Gasteiger partial charge on any atom is 0.332 e. The molecule has 7 heteroatoms. The van der Waals surface area contributed by atoms with Gasteiger partial charge in [-0.2, -0.15) is 0 Å². The number of hydrogen-bond acceptors (Lipinski definition) is 2. The first-order valence-corrected chi connectivity index (χ1v) is 9.84. The molecule has 2 aromatic heterocycles. The van der Waals surface area contributed by atoms with Crippen LogP contribution in [-0.4, -0.2) is 19.2 Å². The minimum absolute atomic E-state index is 0.0125. The van der Waals surface area contributed by atoms with Crippen molar-refractivity contribution in [1.29, 1.82) is 0 Å². The van der Waals surface area contributed by atoms with Gasteiger partial charge in [0.05, 0.1) is 5.69 Å². The van der Waals surface area contributed by atoms with Crippen LogP contribution in [0.3, 0.4) is 0 Å². The lowest BCUT2D eigenvalue weighted by Gasteiger charge is -2.26. The molecule has 0 saturated heterocycles. The molecule has 1 aliphatic rings. The van der Waals surface area contributed by atoms with Gasteiger partial charge in [-0.05, 0) is 36.2 Å². The summed E-state index contributed by atoms with van der Waals surface area (Å²) in [5.74, 6) is 0.0125. The van der Waals surface area contributed by atoms with Gasteiger partial charge in [0.15, 0.2) is 0 Å². The fraction of sp³-hybridized carbons (Fsp3) is 0.190. The van der Waals surface area contributed by atoms with Crippen LogP contribution in [0, 0.1) is 0 Å². The Labute approximate surface area is 170 Å². The summed E-state index contributed by atoms with van der Waals surface area (Å²) in [5.41, 5.74) is 4.07. The lowest BCUT2D eigenvalue weighted by atomic mass is 9.93. The number of para-hydroxylation sites is 1. The summed E-state index contributed by atoms with van der Waals surface area (Å²) in [6, 6.07) is 12.8. The normalized spacial score (nSPS) is 15.6. The molecule has 142 valence electrons. The molecular formula is C21H17Cl2N3O2. The van der Waals surface area contributed by atoms with Gasteiger partial charge in [0.2, 0.25) is 5.88 Å². The predicted octanol–water partition coefficient (Wildman–Crippen LogP) is 4.71. The molecule has 3 heterocycles. The number of imidazole rings is 1. The Kier molecular flexibility index (Phi) is 3.86. The van der Waals surface area contributed by atoms with Gasteiger partial charge in [-0.25, -0.2) is 4.79 Å². The summed E-state index contributed by atoms with van der Waals surface area (Å²) >= 11 is 12.6. The molecule has 1 atom stereocenters. The van der Waals surface area contributed by atoms with E-state index in [2.05, 4.69) is 4.98 Å². The number of H-pyrrole nitrogens is 1. The molecular weight excluding hydrogens is 397 g/mol. The van der Waals surface area contributed by atoms with Gasteiger partial charge in [-0.15, -0.1) is 0 Å². The van der Waals surface area contributed by atoms with Crippen molar-refractivity contribution in [1.82, 2.24) is 14.1 Å². The van der Waals surface area contributed by atoms with Crippen LogP contribution in [0.15, 0.2) is 47.3 Å².